The average molecular weight is 409 g/mol. The number of hydrogen-bond donors (Lipinski definition) is 0. The molecule has 30 heavy (non-hydrogen) atoms. The average Bonchev–Trinajstić information content (AvgIpc) is 2.80. The summed E-state index contributed by atoms with van der Waals surface area (Å²) in [5.41, 5.74) is 2.86. The van der Waals surface area contributed by atoms with E-state index < -0.39 is 0 Å². The van der Waals surface area contributed by atoms with E-state index in [-0.39, 0.29) is 0 Å². The molecule has 0 N–H and O–H groups in total. The van der Waals surface area contributed by atoms with Crippen LogP contribution in [0.15, 0.2) is 48.6 Å². The zero-order chi connectivity index (χ0) is 21.0. The van der Waals surface area contributed by atoms with Gasteiger partial charge in [-0.25, -0.2) is 0 Å². The third-order valence-corrected chi connectivity index (χ3v) is 7.50. The third kappa shape index (κ3) is 7.41. The van der Waals surface area contributed by atoms with Gasteiger partial charge in [0.25, 0.3) is 0 Å². The molecule has 0 saturated heterocycles. The Labute approximate surface area is 186 Å². The zero-order valence-electron chi connectivity index (χ0n) is 19.5. The van der Waals surface area contributed by atoms with Crippen molar-refractivity contribution in [1.82, 2.24) is 0 Å². The second kappa shape index (κ2) is 13.2. The molecule has 2 saturated carbocycles. The lowest BCUT2D eigenvalue weighted by molar-refractivity contribution is 0.125. The first kappa shape index (κ1) is 23.3. The predicted octanol–water partition coefficient (Wildman–Crippen LogP) is 8.61. The molecule has 0 radical (unpaired) electrons. The molecular weight excluding hydrogens is 364 g/mol. The smallest absolute Gasteiger partial charge is 0.0717 e. The summed E-state index contributed by atoms with van der Waals surface area (Å²) in [5, 5.41) is 0. The predicted molar refractivity (Wildman–Crippen MR) is 130 cm³/mol. The second-order valence-corrected chi connectivity index (χ2v) is 9.66. The minimum atomic E-state index is 0.737. The number of ether oxygens (including phenoxy) is 1. The van der Waals surface area contributed by atoms with Crippen molar-refractivity contribution in [3.05, 3.63) is 59.7 Å². The van der Waals surface area contributed by atoms with Crippen LogP contribution in [0.25, 0.3) is 0 Å². The van der Waals surface area contributed by atoms with E-state index in [1.165, 1.54) is 69.8 Å². The summed E-state index contributed by atoms with van der Waals surface area (Å²) in [6.07, 6.45) is 24.2. The van der Waals surface area contributed by atoms with Crippen LogP contribution in [0.2, 0.25) is 0 Å². The van der Waals surface area contributed by atoms with E-state index in [0.29, 0.717) is 0 Å². The Bertz CT molecular complexity index is 625. The van der Waals surface area contributed by atoms with Crippen LogP contribution in [0.5, 0.6) is 0 Å². The molecule has 2 aliphatic rings. The molecule has 2 fully saturated rings. The van der Waals surface area contributed by atoms with E-state index >= 15 is 0 Å². The van der Waals surface area contributed by atoms with E-state index in [2.05, 4.69) is 62.4 Å². The number of allylic oxidation sites excluding steroid dienone is 3. The van der Waals surface area contributed by atoms with Gasteiger partial charge in [-0.05, 0) is 106 Å². The molecule has 3 rings (SSSR count). The van der Waals surface area contributed by atoms with E-state index in [1.54, 1.807) is 5.56 Å². The maximum Gasteiger partial charge on any atom is 0.0717 e. The van der Waals surface area contributed by atoms with Crippen molar-refractivity contribution < 1.29 is 4.74 Å². The molecule has 0 aliphatic heterocycles. The Morgan fingerprint density at radius 2 is 1.50 bits per heavy atom. The summed E-state index contributed by atoms with van der Waals surface area (Å²) >= 11 is 0. The van der Waals surface area contributed by atoms with Crippen LogP contribution in [-0.4, -0.2) is 6.61 Å². The molecule has 1 aromatic rings. The monoisotopic (exact) mass is 408 g/mol. The summed E-state index contributed by atoms with van der Waals surface area (Å²) in [4.78, 5) is 0. The van der Waals surface area contributed by atoms with Crippen LogP contribution < -0.4 is 0 Å². The molecule has 0 amide bonds. The summed E-state index contributed by atoms with van der Waals surface area (Å²) in [6.45, 7) is 5.88. The van der Waals surface area contributed by atoms with Gasteiger partial charge in [0, 0.05) is 0 Å². The van der Waals surface area contributed by atoms with Crippen LogP contribution in [0.3, 0.4) is 0 Å². The topological polar surface area (TPSA) is 9.23 Å². The third-order valence-electron chi connectivity index (χ3n) is 7.50. The van der Waals surface area contributed by atoms with Crippen LogP contribution in [0.4, 0.5) is 0 Å². The quantitative estimate of drug-likeness (QED) is 0.278. The van der Waals surface area contributed by atoms with E-state index in [4.69, 9.17) is 4.74 Å². The SMILES string of the molecule is CC=CCCOCc1ccc(C2CCC(C3CCC(C=CCCC)CC3)CC2)cc1. The molecule has 1 aromatic carbocycles. The lowest BCUT2D eigenvalue weighted by Crippen LogP contribution is -2.25. The first-order chi connectivity index (χ1) is 14.8. The Morgan fingerprint density at radius 1 is 0.833 bits per heavy atom. The molecule has 0 unspecified atom stereocenters. The van der Waals surface area contributed by atoms with Gasteiger partial charge in [-0.3, -0.25) is 0 Å². The molecule has 0 heterocycles. The molecule has 0 bridgehead atoms. The zero-order valence-corrected chi connectivity index (χ0v) is 19.5. The van der Waals surface area contributed by atoms with Crippen LogP contribution >= 0.6 is 0 Å². The van der Waals surface area contributed by atoms with Crippen molar-refractivity contribution in [2.24, 2.45) is 17.8 Å². The lowest BCUT2D eigenvalue weighted by Gasteiger charge is -2.37. The highest BCUT2D eigenvalue weighted by atomic mass is 16.5. The van der Waals surface area contributed by atoms with Crippen molar-refractivity contribution in [3.63, 3.8) is 0 Å². The first-order valence-corrected chi connectivity index (χ1v) is 12.7. The first-order valence-electron chi connectivity index (χ1n) is 12.7. The minimum Gasteiger partial charge on any atom is -0.376 e. The lowest BCUT2D eigenvalue weighted by atomic mass is 9.68. The Balaban J connectivity index is 1.37. The molecule has 0 atom stereocenters. The van der Waals surface area contributed by atoms with E-state index in [9.17, 15) is 0 Å². The van der Waals surface area contributed by atoms with Gasteiger partial charge in [-0.1, -0.05) is 61.9 Å². The summed E-state index contributed by atoms with van der Waals surface area (Å²) < 4.78 is 5.77. The van der Waals surface area contributed by atoms with Crippen molar-refractivity contribution >= 4 is 0 Å². The number of benzene rings is 1. The largest absolute Gasteiger partial charge is 0.376 e. The maximum atomic E-state index is 5.77. The van der Waals surface area contributed by atoms with Gasteiger partial charge in [0.2, 0.25) is 0 Å². The molecular formula is C29H44O. The Kier molecular flexibility index (Phi) is 10.2. The molecule has 1 heteroatoms. The van der Waals surface area contributed by atoms with Crippen molar-refractivity contribution in [3.8, 4) is 0 Å². The summed E-state index contributed by atoms with van der Waals surface area (Å²) in [6, 6.07) is 9.29. The second-order valence-electron chi connectivity index (χ2n) is 9.66. The molecule has 0 spiro atoms. The van der Waals surface area contributed by atoms with E-state index in [0.717, 1.165) is 43.3 Å². The number of rotatable bonds is 10. The molecule has 166 valence electrons. The Morgan fingerprint density at radius 3 is 2.13 bits per heavy atom. The van der Waals surface area contributed by atoms with Crippen molar-refractivity contribution in [1.29, 1.82) is 0 Å². The highest BCUT2D eigenvalue weighted by molar-refractivity contribution is 5.25. The normalized spacial score (nSPS) is 27.8. The molecule has 1 nitrogen and oxygen atoms in total. The van der Waals surface area contributed by atoms with Gasteiger partial charge in [-0.2, -0.15) is 0 Å². The number of unbranched alkanes of at least 4 members (excludes halogenated alkanes) is 1. The minimum absolute atomic E-state index is 0.737. The van der Waals surface area contributed by atoms with Gasteiger partial charge >= 0.3 is 0 Å². The van der Waals surface area contributed by atoms with Crippen LogP contribution in [0.1, 0.15) is 102 Å². The van der Waals surface area contributed by atoms with Gasteiger partial charge in [0.15, 0.2) is 0 Å². The van der Waals surface area contributed by atoms with Gasteiger partial charge in [-0.15, -0.1) is 0 Å². The fourth-order valence-electron chi connectivity index (χ4n) is 5.58. The van der Waals surface area contributed by atoms with Crippen molar-refractivity contribution in [2.45, 2.75) is 97.0 Å². The summed E-state index contributed by atoms with van der Waals surface area (Å²) in [5.74, 6) is 3.64. The van der Waals surface area contributed by atoms with Crippen LogP contribution in [0, 0.1) is 17.8 Å². The Hall–Kier alpha value is -1.34. The van der Waals surface area contributed by atoms with Crippen LogP contribution in [-0.2, 0) is 11.3 Å². The maximum absolute atomic E-state index is 5.77. The van der Waals surface area contributed by atoms with E-state index in [1.807, 2.05) is 0 Å². The van der Waals surface area contributed by atoms with Gasteiger partial charge < -0.3 is 4.74 Å². The highest BCUT2D eigenvalue weighted by Gasteiger charge is 2.30. The highest BCUT2D eigenvalue weighted by Crippen LogP contribution is 2.44. The molecule has 2 aliphatic carbocycles. The van der Waals surface area contributed by atoms with Gasteiger partial charge in [0.1, 0.15) is 0 Å². The number of hydrogen-bond acceptors (Lipinski definition) is 1. The summed E-state index contributed by atoms with van der Waals surface area (Å²) in [7, 11) is 0. The molecule has 0 aromatic heterocycles. The fraction of sp³-hybridized carbons (Fsp3) is 0.655. The van der Waals surface area contributed by atoms with Crippen molar-refractivity contribution in [2.75, 3.05) is 6.61 Å². The standard InChI is InChI=1S/C29H44O/c1-3-5-7-9-24-10-14-26(15-11-24)28-18-20-29(21-19-28)27-16-12-25(13-17-27)23-30-22-8-6-4-2/h4,6-7,9,12-13,16-17,24,26,28-29H,3,5,8,10-11,14-15,18-23H2,1-2H3. The fourth-order valence-corrected chi connectivity index (χ4v) is 5.58. The van der Waals surface area contributed by atoms with Gasteiger partial charge in [0.05, 0.1) is 13.2 Å².